The SMILES string of the molecule is CC(C)[C@H](NS(=O)(=O)c1ccccc1)C(=O)OCC(=O)Nc1ccc(Cl)cc1F. The Balaban J connectivity index is 1.99. The minimum Gasteiger partial charge on any atom is -0.454 e. The minimum atomic E-state index is -3.96. The quantitative estimate of drug-likeness (QED) is 0.612. The lowest BCUT2D eigenvalue weighted by molar-refractivity contribution is -0.150. The maximum atomic E-state index is 13.7. The Bertz CT molecular complexity index is 983. The van der Waals surface area contributed by atoms with Gasteiger partial charge in [-0.05, 0) is 36.2 Å². The Morgan fingerprint density at radius 3 is 2.38 bits per heavy atom. The van der Waals surface area contributed by atoms with Gasteiger partial charge in [0.15, 0.2) is 6.61 Å². The van der Waals surface area contributed by atoms with E-state index in [-0.39, 0.29) is 15.6 Å². The number of sulfonamides is 1. The van der Waals surface area contributed by atoms with Gasteiger partial charge in [-0.1, -0.05) is 43.6 Å². The van der Waals surface area contributed by atoms with Gasteiger partial charge in [0.1, 0.15) is 11.9 Å². The van der Waals surface area contributed by atoms with E-state index in [0.717, 1.165) is 6.07 Å². The van der Waals surface area contributed by atoms with Gasteiger partial charge in [-0.2, -0.15) is 4.72 Å². The maximum absolute atomic E-state index is 13.7. The predicted molar refractivity (Wildman–Crippen MR) is 106 cm³/mol. The van der Waals surface area contributed by atoms with Crippen LogP contribution in [-0.4, -0.2) is 32.9 Å². The molecule has 0 bridgehead atoms. The molecule has 0 aliphatic carbocycles. The molecule has 2 aromatic rings. The fourth-order valence-electron chi connectivity index (χ4n) is 2.29. The topological polar surface area (TPSA) is 102 Å². The van der Waals surface area contributed by atoms with E-state index in [2.05, 4.69) is 10.0 Å². The summed E-state index contributed by atoms with van der Waals surface area (Å²) in [4.78, 5) is 24.3. The van der Waals surface area contributed by atoms with Crippen molar-refractivity contribution in [2.24, 2.45) is 5.92 Å². The van der Waals surface area contributed by atoms with Crippen molar-refractivity contribution in [2.75, 3.05) is 11.9 Å². The van der Waals surface area contributed by atoms with Crippen LogP contribution in [0.2, 0.25) is 5.02 Å². The first-order valence-electron chi connectivity index (χ1n) is 8.59. The molecule has 2 N–H and O–H groups in total. The summed E-state index contributed by atoms with van der Waals surface area (Å²) < 4.78 is 45.8. The van der Waals surface area contributed by atoms with Crippen LogP contribution in [0.1, 0.15) is 13.8 Å². The number of carbonyl (C=O) groups excluding carboxylic acids is 2. The highest BCUT2D eigenvalue weighted by atomic mass is 35.5. The Morgan fingerprint density at radius 2 is 1.79 bits per heavy atom. The highest BCUT2D eigenvalue weighted by Gasteiger charge is 2.30. The molecule has 7 nitrogen and oxygen atoms in total. The largest absolute Gasteiger partial charge is 0.454 e. The first-order valence-corrected chi connectivity index (χ1v) is 10.4. The molecule has 29 heavy (non-hydrogen) atoms. The third kappa shape index (κ3) is 6.52. The van der Waals surface area contributed by atoms with Crippen molar-refractivity contribution < 1.29 is 27.1 Å². The van der Waals surface area contributed by atoms with Gasteiger partial charge >= 0.3 is 5.97 Å². The van der Waals surface area contributed by atoms with Crippen molar-refractivity contribution in [1.29, 1.82) is 0 Å². The standard InChI is InChI=1S/C19H20ClFN2O5S/c1-12(2)18(23-29(26,27)14-6-4-3-5-7-14)19(25)28-11-17(24)22-16-9-8-13(20)10-15(16)21/h3-10,12,18,23H,11H2,1-2H3,(H,22,24)/t18-/m0/s1. The average molecular weight is 443 g/mol. The normalized spacial score (nSPS) is 12.4. The van der Waals surface area contributed by atoms with Crippen LogP contribution < -0.4 is 10.0 Å². The molecule has 0 aromatic heterocycles. The summed E-state index contributed by atoms with van der Waals surface area (Å²) >= 11 is 5.64. The number of nitrogens with one attached hydrogen (secondary N) is 2. The average Bonchev–Trinajstić information content (AvgIpc) is 2.67. The number of benzene rings is 2. The smallest absolute Gasteiger partial charge is 0.324 e. The van der Waals surface area contributed by atoms with Crippen molar-refractivity contribution in [3.8, 4) is 0 Å². The lowest BCUT2D eigenvalue weighted by Gasteiger charge is -2.20. The molecule has 0 radical (unpaired) electrons. The number of carbonyl (C=O) groups is 2. The highest BCUT2D eigenvalue weighted by molar-refractivity contribution is 7.89. The molecule has 0 spiro atoms. The summed E-state index contributed by atoms with van der Waals surface area (Å²) in [6, 6.07) is 10.0. The van der Waals surface area contributed by atoms with E-state index in [1.54, 1.807) is 32.0 Å². The van der Waals surface area contributed by atoms with Crippen molar-refractivity contribution in [3.63, 3.8) is 0 Å². The first-order chi connectivity index (χ1) is 13.6. The van der Waals surface area contributed by atoms with E-state index >= 15 is 0 Å². The lowest BCUT2D eigenvalue weighted by atomic mass is 10.1. The molecule has 2 rings (SSSR count). The van der Waals surface area contributed by atoms with Gasteiger partial charge < -0.3 is 10.1 Å². The molecule has 0 aliphatic rings. The Kier molecular flexibility index (Phi) is 7.72. The van der Waals surface area contributed by atoms with E-state index in [1.807, 2.05) is 0 Å². The Hall–Kier alpha value is -2.49. The van der Waals surface area contributed by atoms with E-state index in [4.69, 9.17) is 16.3 Å². The molecule has 0 saturated carbocycles. The van der Waals surface area contributed by atoms with E-state index in [9.17, 15) is 22.4 Å². The summed E-state index contributed by atoms with van der Waals surface area (Å²) in [5, 5.41) is 2.41. The fraction of sp³-hybridized carbons (Fsp3) is 0.263. The number of ether oxygens (including phenoxy) is 1. The van der Waals surface area contributed by atoms with Crippen molar-refractivity contribution in [1.82, 2.24) is 4.72 Å². The zero-order chi connectivity index (χ0) is 21.6. The summed E-state index contributed by atoms with van der Waals surface area (Å²) in [5.41, 5.74) is -0.124. The summed E-state index contributed by atoms with van der Waals surface area (Å²) in [6.07, 6.45) is 0. The number of hydrogen-bond acceptors (Lipinski definition) is 5. The molecule has 0 unspecified atom stereocenters. The number of esters is 1. The van der Waals surface area contributed by atoms with Crippen molar-refractivity contribution in [3.05, 3.63) is 59.4 Å². The van der Waals surface area contributed by atoms with Gasteiger partial charge in [-0.3, -0.25) is 9.59 Å². The summed E-state index contributed by atoms with van der Waals surface area (Å²) in [7, 11) is -3.96. The molecule has 2 aromatic carbocycles. The number of halogens is 2. The zero-order valence-electron chi connectivity index (χ0n) is 15.7. The van der Waals surface area contributed by atoms with Crippen LogP contribution in [-0.2, 0) is 24.3 Å². The number of anilines is 1. The van der Waals surface area contributed by atoms with Crippen LogP contribution in [0.15, 0.2) is 53.4 Å². The monoisotopic (exact) mass is 442 g/mol. The first kappa shape index (κ1) is 22.8. The van der Waals surface area contributed by atoms with Gasteiger partial charge in [-0.15, -0.1) is 0 Å². The van der Waals surface area contributed by atoms with Crippen LogP contribution in [0.4, 0.5) is 10.1 Å². The third-order valence-electron chi connectivity index (χ3n) is 3.81. The Morgan fingerprint density at radius 1 is 1.14 bits per heavy atom. The fourth-order valence-corrected chi connectivity index (χ4v) is 3.81. The molecule has 0 saturated heterocycles. The van der Waals surface area contributed by atoms with Gasteiger partial charge in [0.05, 0.1) is 10.6 Å². The second kappa shape index (κ2) is 9.82. The molecular weight excluding hydrogens is 423 g/mol. The molecule has 156 valence electrons. The summed E-state index contributed by atoms with van der Waals surface area (Å²) in [5.74, 6) is -2.90. The Labute approximate surface area is 173 Å². The van der Waals surface area contributed by atoms with E-state index < -0.39 is 46.3 Å². The molecule has 0 fully saturated rings. The highest BCUT2D eigenvalue weighted by Crippen LogP contribution is 2.19. The van der Waals surface area contributed by atoms with Crippen LogP contribution in [0.5, 0.6) is 0 Å². The molecule has 1 amide bonds. The molecule has 0 heterocycles. The van der Waals surface area contributed by atoms with Gasteiger partial charge in [-0.25, -0.2) is 12.8 Å². The van der Waals surface area contributed by atoms with Crippen molar-refractivity contribution >= 4 is 39.2 Å². The van der Waals surface area contributed by atoms with Crippen LogP contribution >= 0.6 is 11.6 Å². The van der Waals surface area contributed by atoms with Crippen molar-refractivity contribution in [2.45, 2.75) is 24.8 Å². The second-order valence-electron chi connectivity index (χ2n) is 6.44. The second-order valence-corrected chi connectivity index (χ2v) is 8.59. The molecule has 1 atom stereocenters. The number of amides is 1. The lowest BCUT2D eigenvalue weighted by Crippen LogP contribution is -2.45. The van der Waals surface area contributed by atoms with E-state index in [1.165, 1.54) is 24.3 Å². The molecule has 10 heteroatoms. The third-order valence-corrected chi connectivity index (χ3v) is 5.50. The van der Waals surface area contributed by atoms with Crippen LogP contribution in [0, 0.1) is 11.7 Å². The minimum absolute atomic E-state index is 0.00518. The van der Waals surface area contributed by atoms with E-state index in [0.29, 0.717) is 0 Å². The number of rotatable bonds is 8. The maximum Gasteiger partial charge on any atom is 0.324 e. The molecular formula is C19H20ClFN2O5S. The van der Waals surface area contributed by atoms with Crippen LogP contribution in [0.25, 0.3) is 0 Å². The van der Waals surface area contributed by atoms with Crippen LogP contribution in [0.3, 0.4) is 0 Å². The summed E-state index contributed by atoms with van der Waals surface area (Å²) in [6.45, 7) is 2.54. The van der Waals surface area contributed by atoms with Gasteiger partial charge in [0.25, 0.3) is 5.91 Å². The van der Waals surface area contributed by atoms with Gasteiger partial charge in [0, 0.05) is 5.02 Å². The molecule has 0 aliphatic heterocycles. The predicted octanol–water partition coefficient (Wildman–Crippen LogP) is 2.96. The zero-order valence-corrected chi connectivity index (χ0v) is 17.3. The number of hydrogen-bond donors (Lipinski definition) is 2. The van der Waals surface area contributed by atoms with Gasteiger partial charge in [0.2, 0.25) is 10.0 Å².